The van der Waals surface area contributed by atoms with Crippen molar-refractivity contribution in [2.45, 2.75) is 26.2 Å². The molecule has 2 aromatic rings. The van der Waals surface area contributed by atoms with Gasteiger partial charge in [-0.05, 0) is 43.4 Å². The van der Waals surface area contributed by atoms with Gasteiger partial charge >= 0.3 is 0 Å². The molecule has 3 amide bonds. The molecular formula is C24H22Cl2N2O4. The molecular weight excluding hydrogens is 451 g/mol. The molecule has 1 saturated carbocycles. The van der Waals surface area contributed by atoms with Crippen molar-refractivity contribution >= 4 is 46.7 Å². The molecule has 1 aliphatic heterocycles. The van der Waals surface area contributed by atoms with E-state index in [4.69, 9.17) is 23.2 Å². The Balaban J connectivity index is 1.72. The number of hydrogen-bond donors (Lipinski definition) is 0. The number of hydrogen-bond acceptors (Lipinski definition) is 4. The lowest BCUT2D eigenvalue weighted by molar-refractivity contribution is -0.154. The van der Waals surface area contributed by atoms with Crippen LogP contribution in [-0.4, -0.2) is 40.1 Å². The lowest BCUT2D eigenvalue weighted by Crippen LogP contribution is -2.52. The number of amides is 3. The monoisotopic (exact) mass is 472 g/mol. The molecule has 3 atom stereocenters. The zero-order valence-corrected chi connectivity index (χ0v) is 19.0. The first-order chi connectivity index (χ1) is 15.3. The molecule has 2 fully saturated rings. The minimum absolute atomic E-state index is 0.0563. The predicted octanol–water partition coefficient (Wildman–Crippen LogP) is 4.65. The summed E-state index contributed by atoms with van der Waals surface area (Å²) in [7, 11) is 0. The van der Waals surface area contributed by atoms with Crippen LogP contribution in [0, 0.1) is 17.8 Å². The van der Waals surface area contributed by atoms with Gasteiger partial charge in [-0.1, -0.05) is 60.5 Å². The SMILES string of the molecule is C[C@@H]1CC[C@@H]2C(=O)N(N(CC(=O)c3ccccc3)C(=O)c3ccc(Cl)cc3Cl)C(=O)[C@H]2C1. The number of carbonyl (C=O) groups excluding carboxylic acids is 4. The van der Waals surface area contributed by atoms with Crippen molar-refractivity contribution in [3.8, 4) is 0 Å². The molecule has 6 nitrogen and oxygen atoms in total. The molecule has 0 aromatic heterocycles. The van der Waals surface area contributed by atoms with Crippen LogP contribution < -0.4 is 0 Å². The zero-order chi connectivity index (χ0) is 23.0. The molecule has 0 unspecified atom stereocenters. The van der Waals surface area contributed by atoms with Gasteiger partial charge in [0.15, 0.2) is 5.78 Å². The average Bonchev–Trinajstić information content (AvgIpc) is 3.01. The third-order valence-corrected chi connectivity index (χ3v) is 6.74. The summed E-state index contributed by atoms with van der Waals surface area (Å²) >= 11 is 12.2. The number of benzene rings is 2. The Morgan fingerprint density at radius 1 is 1.00 bits per heavy atom. The van der Waals surface area contributed by atoms with Gasteiger partial charge in [0, 0.05) is 10.6 Å². The highest BCUT2D eigenvalue weighted by Gasteiger charge is 2.52. The van der Waals surface area contributed by atoms with E-state index >= 15 is 0 Å². The van der Waals surface area contributed by atoms with Crippen LogP contribution in [0.2, 0.25) is 10.0 Å². The third-order valence-electron chi connectivity index (χ3n) is 6.19. The lowest BCUT2D eigenvalue weighted by atomic mass is 9.76. The Bertz CT molecular complexity index is 1090. The zero-order valence-electron chi connectivity index (χ0n) is 17.5. The van der Waals surface area contributed by atoms with E-state index in [0.29, 0.717) is 29.3 Å². The quantitative estimate of drug-likeness (QED) is 0.468. The van der Waals surface area contributed by atoms with Crippen LogP contribution in [0.5, 0.6) is 0 Å². The van der Waals surface area contributed by atoms with Gasteiger partial charge in [-0.3, -0.25) is 19.2 Å². The summed E-state index contributed by atoms with van der Waals surface area (Å²) in [5.74, 6) is -2.61. The number of nitrogens with zero attached hydrogens (tertiary/aromatic N) is 2. The van der Waals surface area contributed by atoms with Crippen LogP contribution in [-0.2, 0) is 9.59 Å². The van der Waals surface area contributed by atoms with Crippen molar-refractivity contribution in [2.75, 3.05) is 6.54 Å². The van der Waals surface area contributed by atoms with E-state index in [-0.39, 0.29) is 10.6 Å². The summed E-state index contributed by atoms with van der Waals surface area (Å²) in [5.41, 5.74) is 0.429. The highest BCUT2D eigenvalue weighted by atomic mass is 35.5. The molecule has 1 heterocycles. The number of hydrazine groups is 1. The second-order valence-electron chi connectivity index (χ2n) is 8.40. The minimum Gasteiger partial charge on any atom is -0.292 e. The summed E-state index contributed by atoms with van der Waals surface area (Å²) < 4.78 is 0. The van der Waals surface area contributed by atoms with Crippen molar-refractivity contribution in [1.29, 1.82) is 0 Å². The van der Waals surface area contributed by atoms with Gasteiger partial charge in [-0.2, -0.15) is 5.01 Å². The fourth-order valence-corrected chi connectivity index (χ4v) is 4.99. The van der Waals surface area contributed by atoms with E-state index in [1.54, 1.807) is 30.3 Å². The summed E-state index contributed by atoms with van der Waals surface area (Å²) in [4.78, 5) is 53.0. The van der Waals surface area contributed by atoms with Crippen molar-refractivity contribution in [3.63, 3.8) is 0 Å². The number of carbonyl (C=O) groups is 4. The Kier molecular flexibility index (Phi) is 6.35. The number of fused-ring (bicyclic) bond motifs is 1. The second kappa shape index (κ2) is 9.04. The number of rotatable bonds is 5. The fraction of sp³-hybridized carbons (Fsp3) is 0.333. The smallest absolute Gasteiger partial charge is 0.274 e. The minimum atomic E-state index is -0.704. The lowest BCUT2D eigenvalue weighted by Gasteiger charge is -2.30. The molecule has 1 aliphatic carbocycles. The third kappa shape index (κ3) is 4.17. The number of ketones is 1. The van der Waals surface area contributed by atoms with Crippen molar-refractivity contribution in [1.82, 2.24) is 10.0 Å². The molecule has 0 radical (unpaired) electrons. The maximum absolute atomic E-state index is 13.5. The Morgan fingerprint density at radius 3 is 2.38 bits per heavy atom. The largest absolute Gasteiger partial charge is 0.292 e. The van der Waals surface area contributed by atoms with E-state index < -0.39 is 41.9 Å². The van der Waals surface area contributed by atoms with E-state index in [1.165, 1.54) is 18.2 Å². The van der Waals surface area contributed by atoms with E-state index in [9.17, 15) is 19.2 Å². The Hall–Kier alpha value is -2.70. The number of imide groups is 1. The Labute approximate surface area is 196 Å². The Morgan fingerprint density at radius 2 is 1.69 bits per heavy atom. The summed E-state index contributed by atoms with van der Waals surface area (Å²) in [6.45, 7) is 1.58. The van der Waals surface area contributed by atoms with Crippen molar-refractivity contribution < 1.29 is 19.2 Å². The maximum Gasteiger partial charge on any atom is 0.274 e. The van der Waals surface area contributed by atoms with Crippen molar-refractivity contribution in [3.05, 3.63) is 69.7 Å². The molecule has 32 heavy (non-hydrogen) atoms. The van der Waals surface area contributed by atoms with Crippen LogP contribution >= 0.6 is 23.2 Å². The standard InChI is InChI=1S/C24H22Cl2N2O4/c1-14-7-9-17-19(11-14)24(32)28(23(17)31)27(13-21(29)15-5-3-2-4-6-15)22(30)18-10-8-16(25)12-20(18)26/h2-6,8,10,12,14,17,19H,7,9,11,13H2,1H3/t14-,17+,19+/m1/s1. The summed E-state index contributed by atoms with van der Waals surface area (Å²) in [6, 6.07) is 12.7. The van der Waals surface area contributed by atoms with Gasteiger partial charge in [0.1, 0.15) is 6.54 Å². The van der Waals surface area contributed by atoms with Gasteiger partial charge < -0.3 is 0 Å². The van der Waals surface area contributed by atoms with Crippen LogP contribution in [0.4, 0.5) is 0 Å². The first-order valence-corrected chi connectivity index (χ1v) is 11.3. The van der Waals surface area contributed by atoms with Gasteiger partial charge in [0.05, 0.1) is 22.4 Å². The molecule has 0 bridgehead atoms. The van der Waals surface area contributed by atoms with Gasteiger partial charge in [-0.25, -0.2) is 5.01 Å². The predicted molar refractivity (Wildman–Crippen MR) is 120 cm³/mol. The van der Waals surface area contributed by atoms with E-state index in [0.717, 1.165) is 16.4 Å². The van der Waals surface area contributed by atoms with Crippen LogP contribution in [0.15, 0.2) is 48.5 Å². The average molecular weight is 473 g/mol. The van der Waals surface area contributed by atoms with Crippen LogP contribution in [0.1, 0.15) is 46.9 Å². The summed E-state index contributed by atoms with van der Waals surface area (Å²) in [5, 5.41) is 2.23. The topological polar surface area (TPSA) is 74.8 Å². The molecule has 166 valence electrons. The first-order valence-electron chi connectivity index (χ1n) is 10.5. The van der Waals surface area contributed by atoms with E-state index in [2.05, 4.69) is 0 Å². The normalized spacial score (nSPS) is 22.6. The molecule has 8 heteroatoms. The number of Topliss-reactive ketones (excluding diaryl/α,β-unsaturated/α-hetero) is 1. The van der Waals surface area contributed by atoms with Crippen molar-refractivity contribution in [2.24, 2.45) is 17.8 Å². The van der Waals surface area contributed by atoms with E-state index in [1.807, 2.05) is 6.92 Å². The molecule has 0 N–H and O–H groups in total. The van der Waals surface area contributed by atoms with Gasteiger partial charge in [0.2, 0.25) is 0 Å². The second-order valence-corrected chi connectivity index (χ2v) is 9.24. The van der Waals surface area contributed by atoms with Crippen LogP contribution in [0.25, 0.3) is 0 Å². The first kappa shape index (κ1) is 22.5. The molecule has 0 spiro atoms. The van der Waals surface area contributed by atoms with Gasteiger partial charge in [0.25, 0.3) is 17.7 Å². The summed E-state index contributed by atoms with van der Waals surface area (Å²) in [6.07, 6.45) is 2.01. The van der Waals surface area contributed by atoms with Gasteiger partial charge in [-0.15, -0.1) is 0 Å². The number of halogens is 2. The fourth-order valence-electron chi connectivity index (χ4n) is 4.50. The molecule has 1 saturated heterocycles. The molecule has 2 aromatic carbocycles. The highest BCUT2D eigenvalue weighted by molar-refractivity contribution is 6.36. The molecule has 4 rings (SSSR count). The molecule has 2 aliphatic rings. The highest BCUT2D eigenvalue weighted by Crippen LogP contribution is 2.41. The maximum atomic E-state index is 13.5. The van der Waals surface area contributed by atoms with Crippen LogP contribution in [0.3, 0.4) is 0 Å².